The monoisotopic (exact) mass is 285 g/mol. The van der Waals surface area contributed by atoms with Crippen LogP contribution in [0.5, 0.6) is 0 Å². The lowest BCUT2D eigenvalue weighted by molar-refractivity contribution is 0.882. The van der Waals surface area contributed by atoms with Crippen molar-refractivity contribution in [2.24, 2.45) is 5.73 Å². The summed E-state index contributed by atoms with van der Waals surface area (Å²) in [4.78, 5) is 4.70. The standard InChI is InChI=1S/C16H16ClN3/c17-13-7-4-10-20-15(8-9-18)14(19-16(13)20)11-12-5-2-1-3-6-12/h1-7,10H,8-9,11,18H2. The maximum absolute atomic E-state index is 6.23. The molecule has 0 amide bonds. The predicted octanol–water partition coefficient (Wildman–Crippen LogP) is 3.08. The van der Waals surface area contributed by atoms with Crippen LogP contribution in [0.2, 0.25) is 5.02 Å². The van der Waals surface area contributed by atoms with Crippen molar-refractivity contribution in [1.82, 2.24) is 9.38 Å². The zero-order valence-corrected chi connectivity index (χ0v) is 11.8. The molecule has 3 nitrogen and oxygen atoms in total. The number of benzene rings is 1. The van der Waals surface area contributed by atoms with E-state index in [0.717, 1.165) is 29.9 Å². The third-order valence-electron chi connectivity index (χ3n) is 3.38. The summed E-state index contributed by atoms with van der Waals surface area (Å²) in [5.74, 6) is 0. The highest BCUT2D eigenvalue weighted by atomic mass is 35.5. The van der Waals surface area contributed by atoms with E-state index < -0.39 is 0 Å². The molecular weight excluding hydrogens is 270 g/mol. The first-order valence-corrected chi connectivity index (χ1v) is 7.05. The van der Waals surface area contributed by atoms with Crippen molar-refractivity contribution < 1.29 is 0 Å². The molecule has 2 heterocycles. The van der Waals surface area contributed by atoms with Crippen LogP contribution in [0.25, 0.3) is 5.65 Å². The molecular formula is C16H16ClN3. The summed E-state index contributed by atoms with van der Waals surface area (Å²) >= 11 is 6.23. The largest absolute Gasteiger partial charge is 0.330 e. The van der Waals surface area contributed by atoms with Crippen LogP contribution in [0, 0.1) is 0 Å². The van der Waals surface area contributed by atoms with Crippen molar-refractivity contribution in [1.29, 1.82) is 0 Å². The fourth-order valence-electron chi connectivity index (χ4n) is 2.46. The van der Waals surface area contributed by atoms with Crippen LogP contribution >= 0.6 is 11.6 Å². The van der Waals surface area contributed by atoms with Gasteiger partial charge in [-0.2, -0.15) is 0 Å². The van der Waals surface area contributed by atoms with Crippen LogP contribution in [0.3, 0.4) is 0 Å². The van der Waals surface area contributed by atoms with Crippen LogP contribution in [-0.2, 0) is 12.8 Å². The fraction of sp³-hybridized carbons (Fsp3) is 0.188. The molecule has 0 fully saturated rings. The molecule has 3 rings (SSSR count). The summed E-state index contributed by atoms with van der Waals surface area (Å²) in [7, 11) is 0. The van der Waals surface area contributed by atoms with E-state index in [1.54, 1.807) is 0 Å². The average molecular weight is 286 g/mol. The van der Waals surface area contributed by atoms with Gasteiger partial charge in [0.1, 0.15) is 0 Å². The SMILES string of the molecule is NCCc1c(Cc2ccccc2)nc2c(Cl)cccn12. The summed E-state index contributed by atoms with van der Waals surface area (Å²) in [6.07, 6.45) is 3.59. The maximum atomic E-state index is 6.23. The molecule has 0 atom stereocenters. The summed E-state index contributed by atoms with van der Waals surface area (Å²) < 4.78 is 2.05. The van der Waals surface area contributed by atoms with Crippen molar-refractivity contribution in [2.75, 3.05) is 6.54 Å². The van der Waals surface area contributed by atoms with Crippen molar-refractivity contribution in [2.45, 2.75) is 12.8 Å². The van der Waals surface area contributed by atoms with Crippen molar-refractivity contribution >= 4 is 17.2 Å². The molecule has 3 aromatic rings. The van der Waals surface area contributed by atoms with E-state index >= 15 is 0 Å². The number of pyridine rings is 1. The van der Waals surface area contributed by atoms with Crippen molar-refractivity contribution in [3.8, 4) is 0 Å². The van der Waals surface area contributed by atoms with Crippen LogP contribution in [0.4, 0.5) is 0 Å². The highest BCUT2D eigenvalue weighted by Crippen LogP contribution is 2.22. The summed E-state index contributed by atoms with van der Waals surface area (Å²) in [5.41, 5.74) is 9.98. The number of nitrogens with zero attached hydrogens (tertiary/aromatic N) is 2. The van der Waals surface area contributed by atoms with E-state index in [1.165, 1.54) is 5.56 Å². The van der Waals surface area contributed by atoms with Gasteiger partial charge in [0.2, 0.25) is 0 Å². The maximum Gasteiger partial charge on any atom is 0.156 e. The molecule has 0 aliphatic heterocycles. The lowest BCUT2D eigenvalue weighted by Gasteiger charge is -2.04. The number of rotatable bonds is 4. The van der Waals surface area contributed by atoms with Gasteiger partial charge < -0.3 is 10.1 Å². The molecule has 1 aromatic carbocycles. The fourth-order valence-corrected chi connectivity index (χ4v) is 2.67. The topological polar surface area (TPSA) is 43.3 Å². The first kappa shape index (κ1) is 13.2. The number of fused-ring (bicyclic) bond motifs is 1. The molecule has 0 aliphatic rings. The van der Waals surface area contributed by atoms with E-state index in [0.29, 0.717) is 11.6 Å². The molecule has 0 unspecified atom stereocenters. The second kappa shape index (κ2) is 5.65. The number of imidazole rings is 1. The van der Waals surface area contributed by atoms with Gasteiger partial charge in [0.25, 0.3) is 0 Å². The Kier molecular flexibility index (Phi) is 3.72. The Bertz CT molecular complexity index is 719. The van der Waals surface area contributed by atoms with Crippen molar-refractivity contribution in [3.63, 3.8) is 0 Å². The molecule has 2 N–H and O–H groups in total. The van der Waals surface area contributed by atoms with Crippen LogP contribution in [0.15, 0.2) is 48.7 Å². The predicted molar refractivity (Wildman–Crippen MR) is 82.2 cm³/mol. The lowest BCUT2D eigenvalue weighted by atomic mass is 10.1. The Hall–Kier alpha value is -1.84. The van der Waals surface area contributed by atoms with Gasteiger partial charge in [-0.25, -0.2) is 4.98 Å². The Morgan fingerprint density at radius 1 is 1.10 bits per heavy atom. The molecule has 2 aromatic heterocycles. The van der Waals surface area contributed by atoms with Gasteiger partial charge in [0, 0.05) is 24.7 Å². The van der Waals surface area contributed by atoms with Crippen LogP contribution in [0.1, 0.15) is 17.0 Å². The Labute approximate surface area is 123 Å². The number of aromatic nitrogens is 2. The van der Waals surface area contributed by atoms with E-state index in [4.69, 9.17) is 22.3 Å². The lowest BCUT2D eigenvalue weighted by Crippen LogP contribution is -2.07. The smallest absolute Gasteiger partial charge is 0.156 e. The minimum atomic E-state index is 0.599. The molecule has 0 radical (unpaired) electrons. The number of hydrogen-bond acceptors (Lipinski definition) is 2. The molecule has 0 saturated heterocycles. The van der Waals surface area contributed by atoms with Crippen LogP contribution in [-0.4, -0.2) is 15.9 Å². The number of nitrogens with two attached hydrogens (primary N) is 1. The van der Waals surface area contributed by atoms with Crippen molar-refractivity contribution in [3.05, 3.63) is 70.6 Å². The molecule has 0 bridgehead atoms. The van der Waals surface area contributed by atoms with Crippen LogP contribution < -0.4 is 5.73 Å². The molecule has 4 heteroatoms. The normalized spacial score (nSPS) is 11.1. The number of hydrogen-bond donors (Lipinski definition) is 1. The second-order valence-corrected chi connectivity index (χ2v) is 5.16. The van der Waals surface area contributed by atoms with Gasteiger partial charge >= 0.3 is 0 Å². The number of halogens is 1. The third-order valence-corrected chi connectivity index (χ3v) is 3.67. The zero-order valence-electron chi connectivity index (χ0n) is 11.1. The van der Waals surface area contributed by atoms with Gasteiger partial charge in [-0.15, -0.1) is 0 Å². The zero-order chi connectivity index (χ0) is 13.9. The summed E-state index contributed by atoms with van der Waals surface area (Å²) in [6, 6.07) is 14.1. The summed E-state index contributed by atoms with van der Waals surface area (Å²) in [5, 5.41) is 0.671. The molecule has 0 saturated carbocycles. The first-order valence-electron chi connectivity index (χ1n) is 6.68. The molecule has 102 valence electrons. The van der Waals surface area contributed by atoms with Gasteiger partial charge in [0.05, 0.1) is 10.7 Å². The average Bonchev–Trinajstić information content (AvgIpc) is 2.80. The Morgan fingerprint density at radius 2 is 1.90 bits per heavy atom. The van der Waals surface area contributed by atoms with E-state index in [2.05, 4.69) is 12.1 Å². The highest BCUT2D eigenvalue weighted by Gasteiger charge is 2.13. The van der Waals surface area contributed by atoms with Gasteiger partial charge in [-0.1, -0.05) is 41.9 Å². The van der Waals surface area contributed by atoms with Gasteiger partial charge in [-0.3, -0.25) is 0 Å². The molecule has 0 spiro atoms. The minimum Gasteiger partial charge on any atom is -0.330 e. The van der Waals surface area contributed by atoms with E-state index in [1.807, 2.05) is 40.9 Å². The quantitative estimate of drug-likeness (QED) is 0.800. The Balaban J connectivity index is 2.09. The third kappa shape index (κ3) is 2.42. The van der Waals surface area contributed by atoms with Gasteiger partial charge in [-0.05, 0) is 24.2 Å². The molecule has 0 aliphatic carbocycles. The van der Waals surface area contributed by atoms with E-state index in [-0.39, 0.29) is 0 Å². The molecule has 20 heavy (non-hydrogen) atoms. The Morgan fingerprint density at radius 3 is 2.65 bits per heavy atom. The van der Waals surface area contributed by atoms with E-state index in [9.17, 15) is 0 Å². The minimum absolute atomic E-state index is 0.599. The second-order valence-electron chi connectivity index (χ2n) is 4.76. The van der Waals surface area contributed by atoms with Gasteiger partial charge in [0.15, 0.2) is 5.65 Å². The highest BCUT2D eigenvalue weighted by molar-refractivity contribution is 6.33. The first-order chi connectivity index (χ1) is 9.79. The summed E-state index contributed by atoms with van der Waals surface area (Å²) in [6.45, 7) is 0.599.